The Labute approximate surface area is 164 Å². The number of hydrogen-bond acceptors (Lipinski definition) is 4. The smallest absolute Gasteiger partial charge is 0.255 e. The number of carbonyl (C=O) groups is 2. The third-order valence-corrected chi connectivity index (χ3v) is 6.56. The van der Waals surface area contributed by atoms with E-state index in [2.05, 4.69) is 10.6 Å². The number of anilines is 1. The molecule has 3 aliphatic rings. The maximum atomic E-state index is 13.1. The number of carbonyl (C=O) groups excluding carboxylic acids is 2. The predicted octanol–water partition coefficient (Wildman–Crippen LogP) is 2.53. The van der Waals surface area contributed by atoms with E-state index in [1.54, 1.807) is 23.1 Å². The minimum absolute atomic E-state index is 0.0699. The van der Waals surface area contributed by atoms with Crippen molar-refractivity contribution in [3.8, 4) is 0 Å². The first-order valence-electron chi connectivity index (χ1n) is 9.79. The normalized spacial score (nSPS) is 27.9. The average molecular weight is 392 g/mol. The Kier molecular flexibility index (Phi) is 5.39. The highest BCUT2D eigenvalue weighted by Crippen LogP contribution is 2.44. The van der Waals surface area contributed by atoms with Gasteiger partial charge in [-0.15, -0.1) is 0 Å². The number of nitrogens with zero attached hydrogens (tertiary/aromatic N) is 1. The Morgan fingerprint density at radius 1 is 1.26 bits per heavy atom. The van der Waals surface area contributed by atoms with Gasteiger partial charge in [-0.1, -0.05) is 24.4 Å². The summed E-state index contributed by atoms with van der Waals surface area (Å²) >= 11 is 6.38. The van der Waals surface area contributed by atoms with Crippen molar-refractivity contribution >= 4 is 29.1 Å². The molecule has 0 bridgehead atoms. The van der Waals surface area contributed by atoms with Crippen molar-refractivity contribution in [2.45, 2.75) is 25.7 Å². The Morgan fingerprint density at radius 3 is 2.85 bits per heavy atom. The van der Waals surface area contributed by atoms with Crippen molar-refractivity contribution in [2.24, 2.45) is 11.3 Å². The van der Waals surface area contributed by atoms with Crippen molar-refractivity contribution in [1.82, 2.24) is 10.2 Å². The maximum Gasteiger partial charge on any atom is 0.255 e. The number of hydrogen-bond donors (Lipinski definition) is 2. The first-order valence-corrected chi connectivity index (χ1v) is 10.2. The third kappa shape index (κ3) is 3.58. The molecule has 6 nitrogen and oxygen atoms in total. The van der Waals surface area contributed by atoms with Crippen LogP contribution < -0.4 is 10.6 Å². The van der Waals surface area contributed by atoms with E-state index >= 15 is 0 Å². The summed E-state index contributed by atoms with van der Waals surface area (Å²) in [7, 11) is 0. The van der Waals surface area contributed by atoms with Gasteiger partial charge in [0.05, 0.1) is 29.2 Å². The number of fused-ring (bicyclic) bond motifs is 1. The number of benzene rings is 1. The number of morpholine rings is 1. The predicted molar refractivity (Wildman–Crippen MR) is 104 cm³/mol. The largest absolute Gasteiger partial charge is 0.378 e. The molecule has 0 spiro atoms. The van der Waals surface area contributed by atoms with Gasteiger partial charge in [-0.25, -0.2) is 0 Å². The van der Waals surface area contributed by atoms with Crippen LogP contribution in [-0.2, 0) is 9.53 Å². The van der Waals surface area contributed by atoms with E-state index in [9.17, 15) is 9.59 Å². The Bertz CT molecular complexity index is 735. The van der Waals surface area contributed by atoms with Crippen molar-refractivity contribution in [3.05, 3.63) is 28.8 Å². The van der Waals surface area contributed by atoms with Gasteiger partial charge in [0.1, 0.15) is 0 Å². The molecule has 3 fully saturated rings. The first-order chi connectivity index (χ1) is 13.1. The third-order valence-electron chi connectivity index (χ3n) is 6.25. The van der Waals surface area contributed by atoms with E-state index in [1.807, 2.05) is 0 Å². The van der Waals surface area contributed by atoms with Crippen LogP contribution in [0.4, 0.5) is 5.69 Å². The first kappa shape index (κ1) is 18.7. The van der Waals surface area contributed by atoms with Gasteiger partial charge < -0.3 is 20.3 Å². The van der Waals surface area contributed by atoms with E-state index in [1.165, 1.54) is 6.42 Å². The summed E-state index contributed by atoms with van der Waals surface area (Å²) in [5, 5.41) is 6.82. The van der Waals surface area contributed by atoms with Crippen molar-refractivity contribution in [3.63, 3.8) is 0 Å². The number of nitrogens with one attached hydrogen (secondary N) is 2. The van der Waals surface area contributed by atoms with Crippen LogP contribution in [0.15, 0.2) is 18.2 Å². The van der Waals surface area contributed by atoms with Crippen LogP contribution in [0.1, 0.15) is 36.0 Å². The molecule has 4 rings (SSSR count). The second kappa shape index (κ2) is 7.78. The molecule has 27 heavy (non-hydrogen) atoms. The molecule has 7 heteroatoms. The van der Waals surface area contributed by atoms with Crippen molar-refractivity contribution < 1.29 is 14.3 Å². The topological polar surface area (TPSA) is 70.7 Å². The van der Waals surface area contributed by atoms with Gasteiger partial charge in [0.2, 0.25) is 5.91 Å². The molecule has 0 aromatic heterocycles. The maximum absolute atomic E-state index is 13.1. The van der Waals surface area contributed by atoms with E-state index in [0.717, 1.165) is 32.4 Å². The van der Waals surface area contributed by atoms with Crippen LogP contribution >= 0.6 is 11.6 Å². The Morgan fingerprint density at radius 2 is 2.07 bits per heavy atom. The molecule has 2 atom stereocenters. The molecule has 2 heterocycles. The molecule has 2 saturated heterocycles. The number of rotatable bonds is 3. The molecule has 1 saturated carbocycles. The number of ether oxygens (including phenoxy) is 1. The average Bonchev–Trinajstić information content (AvgIpc) is 3.14. The van der Waals surface area contributed by atoms with E-state index < -0.39 is 0 Å². The van der Waals surface area contributed by atoms with Crippen LogP contribution in [0.2, 0.25) is 5.02 Å². The quantitative estimate of drug-likeness (QED) is 0.830. The zero-order chi connectivity index (χ0) is 18.9. The highest BCUT2D eigenvalue weighted by Gasteiger charge is 2.49. The van der Waals surface area contributed by atoms with Gasteiger partial charge in [0.25, 0.3) is 5.91 Å². The second-order valence-electron chi connectivity index (χ2n) is 7.78. The van der Waals surface area contributed by atoms with Crippen molar-refractivity contribution in [2.75, 3.05) is 44.7 Å². The SMILES string of the molecule is O=C(c1ccc(NC(=O)[C@@]23CCCC[C@H]2CNC3)cc1Cl)N1CCOCC1. The van der Waals surface area contributed by atoms with Gasteiger partial charge in [-0.05, 0) is 43.5 Å². The summed E-state index contributed by atoms with van der Waals surface area (Å²) in [6.07, 6.45) is 4.33. The summed E-state index contributed by atoms with van der Waals surface area (Å²) in [5.41, 5.74) is 0.800. The summed E-state index contributed by atoms with van der Waals surface area (Å²) in [4.78, 5) is 27.5. The molecule has 2 aliphatic heterocycles. The highest BCUT2D eigenvalue weighted by molar-refractivity contribution is 6.34. The summed E-state index contributed by atoms with van der Waals surface area (Å²) in [6, 6.07) is 5.16. The lowest BCUT2D eigenvalue weighted by Gasteiger charge is -2.37. The number of amides is 2. The van der Waals surface area contributed by atoms with Crippen LogP contribution in [0.25, 0.3) is 0 Å². The molecule has 0 unspecified atom stereocenters. The van der Waals surface area contributed by atoms with Gasteiger partial charge in [-0.3, -0.25) is 9.59 Å². The highest BCUT2D eigenvalue weighted by atomic mass is 35.5. The van der Waals surface area contributed by atoms with Gasteiger partial charge >= 0.3 is 0 Å². The molecule has 1 aromatic rings. The number of halogens is 1. The zero-order valence-electron chi connectivity index (χ0n) is 15.4. The molecule has 0 radical (unpaired) electrons. The van der Waals surface area contributed by atoms with Gasteiger partial charge in [-0.2, -0.15) is 0 Å². The van der Waals surface area contributed by atoms with E-state index in [-0.39, 0.29) is 17.2 Å². The summed E-state index contributed by atoms with van der Waals surface area (Å²) in [6.45, 7) is 3.91. The van der Waals surface area contributed by atoms with Gasteiger partial charge in [0, 0.05) is 25.3 Å². The molecular formula is C20H26ClN3O3. The van der Waals surface area contributed by atoms with E-state index in [0.29, 0.717) is 48.5 Å². The van der Waals surface area contributed by atoms with Crippen LogP contribution in [0, 0.1) is 11.3 Å². The Balaban J connectivity index is 1.47. The Hall–Kier alpha value is -1.63. The van der Waals surface area contributed by atoms with E-state index in [4.69, 9.17) is 16.3 Å². The summed E-state index contributed by atoms with van der Waals surface area (Å²) in [5.74, 6) is 0.386. The lowest BCUT2D eigenvalue weighted by Crippen LogP contribution is -2.44. The van der Waals surface area contributed by atoms with Crippen LogP contribution in [-0.4, -0.2) is 56.1 Å². The molecule has 2 amide bonds. The van der Waals surface area contributed by atoms with Gasteiger partial charge in [0.15, 0.2) is 0 Å². The fraction of sp³-hybridized carbons (Fsp3) is 0.600. The van der Waals surface area contributed by atoms with Crippen LogP contribution in [0.5, 0.6) is 0 Å². The fourth-order valence-corrected chi connectivity index (χ4v) is 4.91. The lowest BCUT2D eigenvalue weighted by molar-refractivity contribution is -0.128. The van der Waals surface area contributed by atoms with Crippen LogP contribution in [0.3, 0.4) is 0 Å². The lowest BCUT2D eigenvalue weighted by atomic mass is 9.67. The second-order valence-corrected chi connectivity index (χ2v) is 8.19. The zero-order valence-corrected chi connectivity index (χ0v) is 16.2. The molecule has 2 N–H and O–H groups in total. The summed E-state index contributed by atoms with van der Waals surface area (Å²) < 4.78 is 5.29. The monoisotopic (exact) mass is 391 g/mol. The molecule has 1 aliphatic carbocycles. The minimum Gasteiger partial charge on any atom is -0.378 e. The molecular weight excluding hydrogens is 366 g/mol. The van der Waals surface area contributed by atoms with Crippen molar-refractivity contribution in [1.29, 1.82) is 0 Å². The molecule has 146 valence electrons. The molecule has 1 aromatic carbocycles. The fourth-order valence-electron chi connectivity index (χ4n) is 4.65. The minimum atomic E-state index is -0.312. The standard InChI is InChI=1S/C20H26ClN3O3/c21-17-11-15(4-5-16(17)18(25)24-7-9-27-10-8-24)23-19(26)20-6-2-1-3-14(20)12-22-13-20/h4-5,11,14,22H,1-3,6-10,12-13H2,(H,23,26)/t14-,20+/m0/s1.